The Morgan fingerprint density at radius 3 is 2.35 bits per heavy atom. The number of carboxylic acid groups (broad SMARTS) is 1. The zero-order chi connectivity index (χ0) is 12.5. The smallest absolute Gasteiger partial charge is 0.307 e. The van der Waals surface area contributed by atoms with Gasteiger partial charge in [-0.25, -0.2) is 8.78 Å². The summed E-state index contributed by atoms with van der Waals surface area (Å²) in [6.07, 6.45) is -0.210. The second kappa shape index (κ2) is 4.29. The molecule has 6 heteroatoms. The quantitative estimate of drug-likeness (QED) is 0.833. The van der Waals surface area contributed by atoms with Crippen LogP contribution in [0, 0.1) is 11.6 Å². The van der Waals surface area contributed by atoms with Gasteiger partial charge in [0, 0.05) is 31.3 Å². The van der Waals surface area contributed by atoms with Crippen molar-refractivity contribution in [3.63, 3.8) is 0 Å². The van der Waals surface area contributed by atoms with Crippen molar-refractivity contribution in [1.29, 1.82) is 0 Å². The third kappa shape index (κ3) is 2.71. The molecule has 1 aromatic rings. The summed E-state index contributed by atoms with van der Waals surface area (Å²) in [5.74, 6) is -2.51. The first-order valence-electron chi connectivity index (χ1n) is 5.07. The lowest BCUT2D eigenvalue weighted by molar-refractivity contribution is -0.143. The van der Waals surface area contributed by atoms with Gasteiger partial charge in [-0.15, -0.1) is 0 Å². The highest BCUT2D eigenvalue weighted by atomic mass is 19.1. The molecular formula is C11H11F2NO3. The molecule has 1 aliphatic heterocycles. The molecule has 0 spiro atoms. The Hall–Kier alpha value is -1.69. The average molecular weight is 243 g/mol. The molecule has 1 saturated heterocycles. The van der Waals surface area contributed by atoms with E-state index >= 15 is 0 Å². The molecule has 1 aliphatic rings. The minimum absolute atomic E-state index is 0.00486. The zero-order valence-electron chi connectivity index (χ0n) is 8.87. The van der Waals surface area contributed by atoms with Crippen LogP contribution >= 0.6 is 0 Å². The van der Waals surface area contributed by atoms with Gasteiger partial charge in [0.05, 0.1) is 6.42 Å². The fourth-order valence-corrected chi connectivity index (χ4v) is 1.75. The van der Waals surface area contributed by atoms with E-state index in [0.29, 0.717) is 13.1 Å². The summed E-state index contributed by atoms with van der Waals surface area (Å²) in [5.41, 5.74) is -0.911. The predicted molar refractivity (Wildman–Crippen MR) is 54.8 cm³/mol. The Kier molecular flexibility index (Phi) is 2.97. The highest BCUT2D eigenvalue weighted by Crippen LogP contribution is 2.26. The fourth-order valence-electron chi connectivity index (χ4n) is 1.75. The number of hydrogen-bond acceptors (Lipinski definition) is 3. The molecule has 1 fully saturated rings. The fraction of sp³-hybridized carbons (Fsp3) is 0.364. The van der Waals surface area contributed by atoms with Crippen LogP contribution in [0.2, 0.25) is 0 Å². The lowest BCUT2D eigenvalue weighted by Crippen LogP contribution is -2.64. The topological polar surface area (TPSA) is 58.6 Å². The Bertz CT molecular complexity index is 426. The summed E-state index contributed by atoms with van der Waals surface area (Å²) >= 11 is 0. The number of carbonyl (C=O) groups is 1. The minimum Gasteiger partial charge on any atom is -0.484 e. The zero-order valence-corrected chi connectivity index (χ0v) is 8.87. The van der Waals surface area contributed by atoms with Crippen LogP contribution in [0.3, 0.4) is 0 Å². The molecule has 0 bridgehead atoms. The van der Waals surface area contributed by atoms with Crippen molar-refractivity contribution in [2.75, 3.05) is 13.1 Å². The highest BCUT2D eigenvalue weighted by Gasteiger charge is 2.41. The van der Waals surface area contributed by atoms with E-state index in [0.717, 1.165) is 18.2 Å². The van der Waals surface area contributed by atoms with E-state index in [-0.39, 0.29) is 12.2 Å². The van der Waals surface area contributed by atoms with Crippen LogP contribution in [-0.2, 0) is 4.79 Å². The van der Waals surface area contributed by atoms with Crippen molar-refractivity contribution in [2.45, 2.75) is 12.0 Å². The molecule has 0 amide bonds. The van der Waals surface area contributed by atoms with Gasteiger partial charge in [-0.3, -0.25) is 4.79 Å². The maximum atomic E-state index is 12.9. The first-order valence-corrected chi connectivity index (χ1v) is 5.07. The van der Waals surface area contributed by atoms with E-state index in [2.05, 4.69) is 5.32 Å². The maximum Gasteiger partial charge on any atom is 0.307 e. The third-order valence-electron chi connectivity index (χ3n) is 2.54. The molecule has 1 heterocycles. The number of rotatable bonds is 4. The first kappa shape index (κ1) is 11.8. The molecule has 0 atom stereocenters. The highest BCUT2D eigenvalue weighted by molar-refractivity contribution is 5.68. The van der Waals surface area contributed by atoms with Crippen molar-refractivity contribution >= 4 is 5.97 Å². The maximum absolute atomic E-state index is 12.9. The van der Waals surface area contributed by atoms with E-state index in [9.17, 15) is 13.6 Å². The van der Waals surface area contributed by atoms with Gasteiger partial charge < -0.3 is 15.2 Å². The standard InChI is InChI=1S/C11H11F2NO3/c12-7-1-8(13)3-9(2-7)17-11(4-10(15)16)5-14-6-11/h1-3,14H,4-6H2,(H,15,16). The SMILES string of the molecule is O=C(O)CC1(Oc2cc(F)cc(F)c2)CNC1. The molecule has 2 N–H and O–H groups in total. The van der Waals surface area contributed by atoms with Crippen molar-refractivity contribution in [3.8, 4) is 5.75 Å². The van der Waals surface area contributed by atoms with Crippen LogP contribution < -0.4 is 10.1 Å². The predicted octanol–water partition coefficient (Wildman–Crippen LogP) is 1.16. The number of benzene rings is 1. The number of nitrogens with one attached hydrogen (secondary N) is 1. The number of aliphatic carboxylic acids is 1. The van der Waals surface area contributed by atoms with Crippen LogP contribution in [0.4, 0.5) is 8.78 Å². The summed E-state index contributed by atoms with van der Waals surface area (Å²) in [4.78, 5) is 10.7. The van der Waals surface area contributed by atoms with E-state index in [1.165, 1.54) is 0 Å². The molecule has 17 heavy (non-hydrogen) atoms. The van der Waals surface area contributed by atoms with Crippen molar-refractivity contribution < 1.29 is 23.4 Å². The molecule has 0 aliphatic carbocycles. The number of hydrogen-bond donors (Lipinski definition) is 2. The average Bonchev–Trinajstić information content (AvgIpc) is 2.11. The second-order valence-electron chi connectivity index (χ2n) is 4.06. The van der Waals surface area contributed by atoms with Crippen LogP contribution in [0.1, 0.15) is 6.42 Å². The Morgan fingerprint density at radius 2 is 1.94 bits per heavy atom. The summed E-state index contributed by atoms with van der Waals surface area (Å²) in [6, 6.07) is 2.80. The second-order valence-corrected chi connectivity index (χ2v) is 4.06. The van der Waals surface area contributed by atoms with Gasteiger partial charge in [0.1, 0.15) is 23.0 Å². The Labute approximate surface area is 96.2 Å². The molecule has 92 valence electrons. The number of ether oxygens (including phenoxy) is 1. The van der Waals surface area contributed by atoms with Gasteiger partial charge in [-0.2, -0.15) is 0 Å². The van der Waals surface area contributed by atoms with Gasteiger partial charge in [-0.1, -0.05) is 0 Å². The lowest BCUT2D eigenvalue weighted by Gasteiger charge is -2.41. The summed E-state index contributed by atoms with van der Waals surface area (Å²) in [7, 11) is 0. The molecule has 1 aromatic carbocycles. The molecular weight excluding hydrogens is 232 g/mol. The van der Waals surface area contributed by atoms with Gasteiger partial charge in [0.2, 0.25) is 0 Å². The van der Waals surface area contributed by atoms with E-state index < -0.39 is 23.2 Å². The van der Waals surface area contributed by atoms with Gasteiger partial charge in [0.25, 0.3) is 0 Å². The van der Waals surface area contributed by atoms with Crippen LogP contribution in [0.15, 0.2) is 18.2 Å². The van der Waals surface area contributed by atoms with Gasteiger partial charge in [0.15, 0.2) is 0 Å². The minimum atomic E-state index is -1.01. The third-order valence-corrected chi connectivity index (χ3v) is 2.54. The normalized spacial score (nSPS) is 17.3. The summed E-state index contributed by atoms with van der Waals surface area (Å²) in [5, 5.41) is 11.6. The Balaban J connectivity index is 2.15. The lowest BCUT2D eigenvalue weighted by atomic mass is 9.92. The van der Waals surface area contributed by atoms with Gasteiger partial charge >= 0.3 is 5.97 Å². The largest absolute Gasteiger partial charge is 0.484 e. The molecule has 4 nitrogen and oxygen atoms in total. The number of carboxylic acids is 1. The van der Waals surface area contributed by atoms with Crippen LogP contribution in [0.25, 0.3) is 0 Å². The Morgan fingerprint density at radius 1 is 1.35 bits per heavy atom. The van der Waals surface area contributed by atoms with Crippen LogP contribution in [0.5, 0.6) is 5.75 Å². The summed E-state index contributed by atoms with van der Waals surface area (Å²) < 4.78 is 31.3. The van der Waals surface area contributed by atoms with E-state index in [4.69, 9.17) is 9.84 Å². The monoisotopic (exact) mass is 243 g/mol. The number of halogens is 2. The van der Waals surface area contributed by atoms with E-state index in [1.54, 1.807) is 0 Å². The summed E-state index contributed by atoms with van der Waals surface area (Å²) in [6.45, 7) is 0.689. The molecule has 0 radical (unpaired) electrons. The van der Waals surface area contributed by atoms with Crippen molar-refractivity contribution in [3.05, 3.63) is 29.8 Å². The van der Waals surface area contributed by atoms with Crippen molar-refractivity contribution in [1.82, 2.24) is 5.32 Å². The molecule has 0 aromatic heterocycles. The first-order chi connectivity index (χ1) is 7.99. The van der Waals surface area contributed by atoms with Crippen molar-refractivity contribution in [2.24, 2.45) is 0 Å². The van der Waals surface area contributed by atoms with Gasteiger partial charge in [-0.05, 0) is 0 Å². The molecule has 0 unspecified atom stereocenters. The molecule has 2 rings (SSSR count). The van der Waals surface area contributed by atoms with Crippen LogP contribution in [-0.4, -0.2) is 29.8 Å². The molecule has 0 saturated carbocycles. The van der Waals surface area contributed by atoms with E-state index in [1.807, 2.05) is 0 Å².